The molecule has 0 aliphatic carbocycles. The van der Waals surface area contributed by atoms with Gasteiger partial charge in [0, 0.05) is 37.6 Å². The summed E-state index contributed by atoms with van der Waals surface area (Å²) in [4.78, 5) is 61.8. The summed E-state index contributed by atoms with van der Waals surface area (Å²) in [5, 5.41) is 2.63. The van der Waals surface area contributed by atoms with Crippen LogP contribution in [0.1, 0.15) is 64.0 Å². The number of hydrogen-bond acceptors (Lipinski definition) is 6. The molecule has 0 aliphatic rings. The summed E-state index contributed by atoms with van der Waals surface area (Å²) in [6.07, 6.45) is 7.01. The van der Waals surface area contributed by atoms with Gasteiger partial charge in [0.1, 0.15) is 6.61 Å². The van der Waals surface area contributed by atoms with Gasteiger partial charge in [0.15, 0.2) is 11.6 Å². The number of rotatable bonds is 16. The Kier molecular flexibility index (Phi) is 12.9. The van der Waals surface area contributed by atoms with Crippen molar-refractivity contribution in [3.8, 4) is 0 Å². The van der Waals surface area contributed by atoms with E-state index in [-0.39, 0.29) is 54.6 Å². The van der Waals surface area contributed by atoms with E-state index in [1.807, 2.05) is 30.3 Å². The lowest BCUT2D eigenvalue weighted by molar-refractivity contribution is -0.139. The van der Waals surface area contributed by atoms with Gasteiger partial charge in [-0.05, 0) is 36.8 Å². The molecule has 38 heavy (non-hydrogen) atoms. The van der Waals surface area contributed by atoms with Gasteiger partial charge >= 0.3 is 5.97 Å². The monoisotopic (exact) mass is 522 g/mol. The Morgan fingerprint density at radius 3 is 2.45 bits per heavy atom. The number of pyridine rings is 1. The van der Waals surface area contributed by atoms with E-state index in [4.69, 9.17) is 4.74 Å². The molecule has 204 valence electrons. The molecule has 0 radical (unpaired) electrons. The van der Waals surface area contributed by atoms with Crippen LogP contribution in [0.25, 0.3) is 0 Å². The molecule has 0 spiro atoms. The SMILES string of the molecule is CC(=O)N[C@@H](CC/C=C/C(=O)OCc1ccccc1)C(=O)Cc1cccn(CC(=O)CCCC(C)C)c1=O. The Balaban J connectivity index is 1.92. The van der Waals surface area contributed by atoms with Crippen molar-refractivity contribution in [3.05, 3.63) is 82.3 Å². The van der Waals surface area contributed by atoms with Gasteiger partial charge in [-0.25, -0.2) is 4.79 Å². The first-order valence-corrected chi connectivity index (χ1v) is 13.0. The smallest absolute Gasteiger partial charge is 0.330 e. The first-order chi connectivity index (χ1) is 18.2. The highest BCUT2D eigenvalue weighted by atomic mass is 16.5. The molecule has 0 saturated heterocycles. The summed E-state index contributed by atoms with van der Waals surface area (Å²) in [7, 11) is 0. The maximum absolute atomic E-state index is 13.0. The summed E-state index contributed by atoms with van der Waals surface area (Å²) in [6, 6.07) is 11.7. The molecule has 1 aromatic heterocycles. The minimum Gasteiger partial charge on any atom is -0.458 e. The lowest BCUT2D eigenvalue weighted by Gasteiger charge is -2.16. The second-order valence-electron chi connectivity index (χ2n) is 9.76. The van der Waals surface area contributed by atoms with Crippen LogP contribution in [0, 0.1) is 5.92 Å². The third-order valence-corrected chi connectivity index (χ3v) is 5.91. The third-order valence-electron chi connectivity index (χ3n) is 5.91. The van der Waals surface area contributed by atoms with E-state index in [9.17, 15) is 24.0 Å². The number of carbonyl (C=O) groups is 4. The van der Waals surface area contributed by atoms with Crippen molar-refractivity contribution in [2.45, 2.75) is 78.5 Å². The van der Waals surface area contributed by atoms with Crippen LogP contribution in [-0.2, 0) is 43.5 Å². The van der Waals surface area contributed by atoms with E-state index in [1.165, 1.54) is 17.6 Å². The van der Waals surface area contributed by atoms with Crippen LogP contribution in [0.5, 0.6) is 0 Å². The van der Waals surface area contributed by atoms with E-state index in [0.717, 1.165) is 18.4 Å². The predicted octanol–water partition coefficient (Wildman–Crippen LogP) is 3.94. The van der Waals surface area contributed by atoms with Crippen molar-refractivity contribution in [3.63, 3.8) is 0 Å². The van der Waals surface area contributed by atoms with Crippen LogP contribution in [-0.4, -0.2) is 34.1 Å². The average Bonchev–Trinajstić information content (AvgIpc) is 2.87. The molecule has 1 atom stereocenters. The van der Waals surface area contributed by atoms with Gasteiger partial charge in [0.2, 0.25) is 5.91 Å². The summed E-state index contributed by atoms with van der Waals surface area (Å²) < 4.78 is 6.52. The second-order valence-corrected chi connectivity index (χ2v) is 9.76. The summed E-state index contributed by atoms with van der Waals surface area (Å²) >= 11 is 0. The van der Waals surface area contributed by atoms with E-state index in [2.05, 4.69) is 19.2 Å². The number of ketones is 2. The van der Waals surface area contributed by atoms with Crippen molar-refractivity contribution in [2.24, 2.45) is 5.92 Å². The van der Waals surface area contributed by atoms with Crippen molar-refractivity contribution in [2.75, 3.05) is 0 Å². The van der Waals surface area contributed by atoms with Crippen molar-refractivity contribution in [1.82, 2.24) is 9.88 Å². The third kappa shape index (κ3) is 11.5. The Bertz CT molecular complexity index is 1170. The summed E-state index contributed by atoms with van der Waals surface area (Å²) in [5.41, 5.74) is 0.754. The second kappa shape index (κ2) is 16.1. The van der Waals surface area contributed by atoms with Crippen LogP contribution in [0.3, 0.4) is 0 Å². The van der Waals surface area contributed by atoms with Crippen LogP contribution in [0.4, 0.5) is 0 Å². The number of benzene rings is 1. The van der Waals surface area contributed by atoms with E-state index in [1.54, 1.807) is 24.4 Å². The predicted molar refractivity (Wildman–Crippen MR) is 145 cm³/mol. The molecule has 8 nitrogen and oxygen atoms in total. The molecule has 2 aromatic rings. The quantitative estimate of drug-likeness (QED) is 0.264. The number of ether oxygens (including phenoxy) is 1. The highest BCUT2D eigenvalue weighted by Crippen LogP contribution is 2.08. The largest absolute Gasteiger partial charge is 0.458 e. The van der Waals surface area contributed by atoms with Crippen molar-refractivity contribution >= 4 is 23.4 Å². The molecule has 0 saturated carbocycles. The highest BCUT2D eigenvalue weighted by Gasteiger charge is 2.21. The first kappa shape index (κ1) is 30.4. The van der Waals surface area contributed by atoms with Gasteiger partial charge in [-0.2, -0.15) is 0 Å². The zero-order chi connectivity index (χ0) is 27.9. The van der Waals surface area contributed by atoms with Crippen molar-refractivity contribution in [1.29, 1.82) is 0 Å². The van der Waals surface area contributed by atoms with Gasteiger partial charge in [0.25, 0.3) is 5.56 Å². The van der Waals surface area contributed by atoms with Crippen LogP contribution >= 0.6 is 0 Å². The Morgan fingerprint density at radius 2 is 1.76 bits per heavy atom. The molecular weight excluding hydrogens is 484 g/mol. The Morgan fingerprint density at radius 1 is 1.03 bits per heavy atom. The minimum atomic E-state index is -0.816. The number of hydrogen-bond donors (Lipinski definition) is 1. The zero-order valence-electron chi connectivity index (χ0n) is 22.5. The number of nitrogens with one attached hydrogen (secondary N) is 1. The standard InChI is InChI=1S/C30H38N2O6/c1-22(2)11-9-15-26(34)20-32-18-10-14-25(30(32)37)19-28(35)27(31-23(3)33)16-7-8-17-29(36)38-21-24-12-5-4-6-13-24/h4-6,8,10,12-14,17-18,22,27H,7,9,11,15-16,19-21H2,1-3H3,(H,31,33)/b17-8+/t27-/m0/s1. The number of allylic oxidation sites excluding steroid dienone is 1. The van der Waals surface area contributed by atoms with E-state index in [0.29, 0.717) is 18.8 Å². The van der Waals surface area contributed by atoms with Gasteiger partial charge in [-0.3, -0.25) is 19.2 Å². The summed E-state index contributed by atoms with van der Waals surface area (Å²) in [6.45, 7) is 5.65. The lowest BCUT2D eigenvalue weighted by Crippen LogP contribution is -2.41. The molecule has 2 rings (SSSR count). The zero-order valence-corrected chi connectivity index (χ0v) is 22.5. The number of carbonyl (C=O) groups excluding carboxylic acids is 4. The Hall–Kier alpha value is -3.81. The maximum atomic E-state index is 13.0. The molecule has 0 bridgehead atoms. The fourth-order valence-corrected chi connectivity index (χ4v) is 3.91. The normalized spacial score (nSPS) is 11.9. The van der Waals surface area contributed by atoms with E-state index < -0.39 is 12.0 Å². The van der Waals surface area contributed by atoms with Crippen LogP contribution in [0.2, 0.25) is 0 Å². The molecule has 0 unspecified atom stereocenters. The molecular formula is C30H38N2O6. The van der Waals surface area contributed by atoms with Crippen LogP contribution in [0.15, 0.2) is 65.6 Å². The molecule has 1 aromatic carbocycles. The van der Waals surface area contributed by atoms with Crippen molar-refractivity contribution < 1.29 is 23.9 Å². The number of esters is 1. The molecule has 0 aliphatic heterocycles. The van der Waals surface area contributed by atoms with Crippen LogP contribution < -0.4 is 10.9 Å². The van der Waals surface area contributed by atoms with Gasteiger partial charge < -0.3 is 14.6 Å². The highest BCUT2D eigenvalue weighted by molar-refractivity contribution is 5.90. The lowest BCUT2D eigenvalue weighted by atomic mass is 10.0. The fourth-order valence-electron chi connectivity index (χ4n) is 3.91. The maximum Gasteiger partial charge on any atom is 0.330 e. The summed E-state index contributed by atoms with van der Waals surface area (Å²) in [5.74, 6) is -0.702. The number of aromatic nitrogens is 1. The number of nitrogens with zero attached hydrogens (tertiary/aromatic N) is 1. The Labute approximate surface area is 224 Å². The molecule has 1 heterocycles. The molecule has 0 fully saturated rings. The molecule has 1 N–H and O–H groups in total. The number of Topliss-reactive ketones (excluding diaryl/α,β-unsaturated/α-hetero) is 2. The van der Waals surface area contributed by atoms with Gasteiger partial charge in [-0.1, -0.05) is 62.7 Å². The van der Waals surface area contributed by atoms with Gasteiger partial charge in [0.05, 0.1) is 12.6 Å². The number of amides is 1. The first-order valence-electron chi connectivity index (χ1n) is 13.0. The minimum absolute atomic E-state index is 0.0265. The topological polar surface area (TPSA) is 112 Å². The fraction of sp³-hybridized carbons (Fsp3) is 0.433. The van der Waals surface area contributed by atoms with E-state index >= 15 is 0 Å². The molecule has 1 amide bonds. The molecule has 8 heteroatoms. The van der Waals surface area contributed by atoms with Gasteiger partial charge in [-0.15, -0.1) is 0 Å². The average molecular weight is 523 g/mol.